The Hall–Kier alpha value is -4.21. The second-order valence-electron chi connectivity index (χ2n) is 12.1. The molecule has 0 aliphatic carbocycles. The molecule has 2 aromatic heterocycles. The topological polar surface area (TPSA) is 108 Å². The van der Waals surface area contributed by atoms with Crippen LogP contribution in [0, 0.1) is 23.0 Å². The van der Waals surface area contributed by atoms with Gasteiger partial charge in [0, 0.05) is 37.8 Å². The summed E-state index contributed by atoms with van der Waals surface area (Å²) in [6, 6.07) is 7.85. The first-order valence-corrected chi connectivity index (χ1v) is 15.4. The van der Waals surface area contributed by atoms with Crippen LogP contribution in [0.1, 0.15) is 38.2 Å². The Balaban J connectivity index is 1.37. The Morgan fingerprint density at radius 2 is 2.07 bits per heavy atom. The Labute approximate surface area is 258 Å². The summed E-state index contributed by atoms with van der Waals surface area (Å²) in [6.07, 6.45) is 2.80. The van der Waals surface area contributed by atoms with Gasteiger partial charge < -0.3 is 19.5 Å². The van der Waals surface area contributed by atoms with E-state index in [1.807, 2.05) is 11.8 Å². The second-order valence-corrected chi connectivity index (χ2v) is 12.1. The van der Waals surface area contributed by atoms with Crippen LogP contribution in [0.5, 0.6) is 11.8 Å². The van der Waals surface area contributed by atoms with Crippen molar-refractivity contribution in [2.75, 3.05) is 44.3 Å². The SMILES string of the molecule is CCc1c(F)ccc2cc(O)cc(-c3ncc4c(N5CCOC(CC#N)C5)nc(OC[C@@]56CCCN5C[C@H](F)C6)nc4c3F)c12. The monoisotopic (exact) mass is 618 g/mol. The zero-order valence-electron chi connectivity index (χ0n) is 24.9. The molecule has 2 aromatic carbocycles. The summed E-state index contributed by atoms with van der Waals surface area (Å²) in [5, 5.41) is 21.1. The smallest absolute Gasteiger partial charge is 0.319 e. The standard InChI is InChI=1S/C33H33F3N6O3/c1-2-23-26(35)5-4-19-12-21(43)13-24(27(19)23)29-28(36)30-25(15-38-29)31(41-10-11-44-22(17-41)6-8-37)40-32(39-30)45-18-33-7-3-9-42(33)16-20(34)14-33/h4-5,12-13,15,20,22,43H,2-3,6-7,9-11,14,16-18H2,1H3/t20-,22?,33+/m1/s1. The van der Waals surface area contributed by atoms with Crippen molar-refractivity contribution in [3.8, 4) is 29.1 Å². The van der Waals surface area contributed by atoms with Gasteiger partial charge in [-0.1, -0.05) is 13.0 Å². The molecule has 3 saturated heterocycles. The van der Waals surface area contributed by atoms with E-state index in [0.29, 0.717) is 66.6 Å². The van der Waals surface area contributed by atoms with Gasteiger partial charge in [0.15, 0.2) is 5.82 Å². The molecule has 3 aliphatic heterocycles. The molecule has 3 fully saturated rings. The third kappa shape index (κ3) is 5.17. The van der Waals surface area contributed by atoms with E-state index in [1.165, 1.54) is 24.4 Å². The highest BCUT2D eigenvalue weighted by molar-refractivity contribution is 6.01. The lowest BCUT2D eigenvalue weighted by Crippen LogP contribution is -2.44. The number of aryl methyl sites for hydroxylation is 1. The number of phenolic OH excluding ortho intramolecular Hbond substituents is 1. The van der Waals surface area contributed by atoms with Crippen LogP contribution in [0.25, 0.3) is 32.9 Å². The number of halogens is 3. The quantitative estimate of drug-likeness (QED) is 0.289. The largest absolute Gasteiger partial charge is 0.508 e. The van der Waals surface area contributed by atoms with Crippen LogP contribution < -0.4 is 9.64 Å². The lowest BCUT2D eigenvalue weighted by Gasteiger charge is -2.34. The van der Waals surface area contributed by atoms with E-state index < -0.39 is 23.3 Å². The number of pyridine rings is 1. The predicted molar refractivity (Wildman–Crippen MR) is 162 cm³/mol. The number of rotatable bonds is 7. The molecule has 0 saturated carbocycles. The van der Waals surface area contributed by atoms with Gasteiger partial charge >= 0.3 is 6.01 Å². The molecule has 45 heavy (non-hydrogen) atoms. The molecule has 0 amide bonds. The molecule has 1 N–H and O–H groups in total. The van der Waals surface area contributed by atoms with Crippen LogP contribution in [0.15, 0.2) is 30.5 Å². The normalized spacial score (nSPS) is 23.5. The van der Waals surface area contributed by atoms with Gasteiger partial charge in [0.05, 0.1) is 36.1 Å². The van der Waals surface area contributed by atoms with Crippen molar-refractivity contribution >= 4 is 27.5 Å². The third-order valence-corrected chi connectivity index (χ3v) is 9.39. The summed E-state index contributed by atoms with van der Waals surface area (Å²) in [5.41, 5.74) is 0.0168. The van der Waals surface area contributed by atoms with Crippen molar-refractivity contribution in [2.45, 2.75) is 56.8 Å². The van der Waals surface area contributed by atoms with E-state index >= 15 is 4.39 Å². The highest BCUT2D eigenvalue weighted by Crippen LogP contribution is 2.42. The van der Waals surface area contributed by atoms with Gasteiger partial charge in [0.25, 0.3) is 0 Å². The number of morpholine rings is 1. The van der Waals surface area contributed by atoms with Crippen LogP contribution in [0.3, 0.4) is 0 Å². The fourth-order valence-electron chi connectivity index (χ4n) is 7.33. The molecule has 7 rings (SSSR count). The molecule has 234 valence electrons. The minimum atomic E-state index is -0.937. The average Bonchev–Trinajstić information content (AvgIpc) is 3.56. The lowest BCUT2D eigenvalue weighted by molar-refractivity contribution is 0.0436. The third-order valence-electron chi connectivity index (χ3n) is 9.39. The van der Waals surface area contributed by atoms with Crippen molar-refractivity contribution in [1.29, 1.82) is 5.26 Å². The summed E-state index contributed by atoms with van der Waals surface area (Å²) >= 11 is 0. The molecular formula is C33H33F3N6O3. The summed E-state index contributed by atoms with van der Waals surface area (Å²) in [7, 11) is 0. The van der Waals surface area contributed by atoms with Crippen molar-refractivity contribution in [3.63, 3.8) is 0 Å². The maximum atomic E-state index is 16.8. The Bertz CT molecular complexity index is 1830. The molecule has 3 aliphatic rings. The average molecular weight is 619 g/mol. The molecule has 1 unspecified atom stereocenters. The maximum absolute atomic E-state index is 16.8. The number of anilines is 1. The summed E-state index contributed by atoms with van der Waals surface area (Å²) in [6.45, 7) is 4.26. The van der Waals surface area contributed by atoms with Gasteiger partial charge in [-0.25, -0.2) is 13.2 Å². The highest BCUT2D eigenvalue weighted by atomic mass is 19.1. The number of nitriles is 1. The van der Waals surface area contributed by atoms with Crippen LogP contribution >= 0.6 is 0 Å². The Kier molecular flexibility index (Phi) is 7.61. The van der Waals surface area contributed by atoms with Crippen molar-refractivity contribution < 1.29 is 27.8 Å². The number of ether oxygens (including phenoxy) is 2. The van der Waals surface area contributed by atoms with E-state index in [0.717, 1.165) is 19.4 Å². The van der Waals surface area contributed by atoms with Gasteiger partial charge in [-0.2, -0.15) is 15.2 Å². The van der Waals surface area contributed by atoms with Gasteiger partial charge in [-0.05, 0) is 60.3 Å². The Morgan fingerprint density at radius 1 is 1.20 bits per heavy atom. The van der Waals surface area contributed by atoms with Gasteiger partial charge in [-0.15, -0.1) is 0 Å². The zero-order chi connectivity index (χ0) is 31.3. The molecule has 12 heteroatoms. The van der Waals surface area contributed by atoms with Crippen molar-refractivity contribution in [2.24, 2.45) is 0 Å². The number of nitrogens with zero attached hydrogens (tertiary/aromatic N) is 6. The van der Waals surface area contributed by atoms with Gasteiger partial charge in [0.2, 0.25) is 0 Å². The summed E-state index contributed by atoms with van der Waals surface area (Å²) < 4.78 is 58.0. The van der Waals surface area contributed by atoms with Crippen LogP contribution in [0.2, 0.25) is 0 Å². The van der Waals surface area contributed by atoms with Crippen LogP contribution in [-0.4, -0.2) is 82.2 Å². The molecule has 0 bridgehead atoms. The molecule has 0 radical (unpaired) electrons. The van der Waals surface area contributed by atoms with E-state index in [2.05, 4.69) is 20.9 Å². The number of aromatic nitrogens is 3. The first kappa shape index (κ1) is 29.5. The minimum Gasteiger partial charge on any atom is -0.508 e. The molecule has 4 aromatic rings. The van der Waals surface area contributed by atoms with Crippen molar-refractivity contribution in [3.05, 3.63) is 47.7 Å². The van der Waals surface area contributed by atoms with Gasteiger partial charge in [0.1, 0.15) is 41.4 Å². The number of fused-ring (bicyclic) bond motifs is 3. The molecule has 0 spiro atoms. The number of hydrogen-bond donors (Lipinski definition) is 1. The van der Waals surface area contributed by atoms with E-state index in [-0.39, 0.29) is 47.7 Å². The van der Waals surface area contributed by atoms with E-state index in [1.54, 1.807) is 6.07 Å². The van der Waals surface area contributed by atoms with E-state index in [9.17, 15) is 19.1 Å². The van der Waals surface area contributed by atoms with Crippen LogP contribution in [0.4, 0.5) is 19.0 Å². The Morgan fingerprint density at radius 3 is 2.89 bits per heavy atom. The molecular weight excluding hydrogens is 585 g/mol. The van der Waals surface area contributed by atoms with Crippen molar-refractivity contribution in [1.82, 2.24) is 19.9 Å². The fourth-order valence-corrected chi connectivity index (χ4v) is 7.33. The zero-order valence-corrected chi connectivity index (χ0v) is 24.9. The number of hydrogen-bond acceptors (Lipinski definition) is 9. The van der Waals surface area contributed by atoms with E-state index in [4.69, 9.17) is 14.5 Å². The lowest BCUT2D eigenvalue weighted by atomic mass is 9.94. The first-order chi connectivity index (χ1) is 21.8. The molecule has 5 heterocycles. The summed E-state index contributed by atoms with van der Waals surface area (Å²) in [5.74, 6) is -0.928. The highest BCUT2D eigenvalue weighted by Gasteiger charge is 2.49. The number of alkyl halides is 1. The fraction of sp³-hybridized carbons (Fsp3) is 0.455. The number of aromatic hydroxyl groups is 1. The van der Waals surface area contributed by atoms with Crippen LogP contribution in [-0.2, 0) is 11.2 Å². The maximum Gasteiger partial charge on any atom is 0.319 e. The molecule has 9 nitrogen and oxygen atoms in total. The number of benzene rings is 2. The minimum absolute atomic E-state index is 0.0511. The first-order valence-electron chi connectivity index (χ1n) is 15.4. The number of phenols is 1. The molecule has 3 atom stereocenters. The predicted octanol–water partition coefficient (Wildman–Crippen LogP) is 5.47. The second kappa shape index (κ2) is 11.6. The van der Waals surface area contributed by atoms with Gasteiger partial charge in [-0.3, -0.25) is 9.88 Å². The summed E-state index contributed by atoms with van der Waals surface area (Å²) in [4.78, 5) is 17.7.